The molecule has 1 atom stereocenters. The van der Waals surface area contributed by atoms with Gasteiger partial charge in [-0.15, -0.1) is 0 Å². The molecule has 1 unspecified atom stereocenters. The van der Waals surface area contributed by atoms with Crippen molar-refractivity contribution >= 4 is 5.57 Å². The van der Waals surface area contributed by atoms with Gasteiger partial charge in [-0.05, 0) is 43.2 Å². The van der Waals surface area contributed by atoms with E-state index >= 15 is 0 Å². The molecule has 0 fully saturated rings. The van der Waals surface area contributed by atoms with Crippen LogP contribution in [0, 0.1) is 12.8 Å². The highest BCUT2D eigenvalue weighted by Crippen LogP contribution is 2.32. The Hall–Kier alpha value is -1.04. The minimum atomic E-state index is 0.950. The van der Waals surface area contributed by atoms with Crippen LogP contribution in [0.1, 0.15) is 63.0 Å². The van der Waals surface area contributed by atoms with Crippen LogP contribution in [0.3, 0.4) is 0 Å². The summed E-state index contributed by atoms with van der Waals surface area (Å²) in [7, 11) is 0. The van der Waals surface area contributed by atoms with E-state index in [0.717, 1.165) is 5.92 Å². The second kappa shape index (κ2) is 6.78. The van der Waals surface area contributed by atoms with Gasteiger partial charge in [-0.2, -0.15) is 0 Å². The summed E-state index contributed by atoms with van der Waals surface area (Å²) in [5.41, 5.74) is 4.36. The first-order chi connectivity index (χ1) is 8.79. The molecule has 0 heteroatoms. The molecule has 0 heterocycles. The van der Waals surface area contributed by atoms with E-state index in [1.165, 1.54) is 56.1 Å². The van der Waals surface area contributed by atoms with E-state index in [4.69, 9.17) is 0 Å². The van der Waals surface area contributed by atoms with Gasteiger partial charge in [0.1, 0.15) is 0 Å². The van der Waals surface area contributed by atoms with Gasteiger partial charge < -0.3 is 0 Å². The third kappa shape index (κ3) is 3.73. The van der Waals surface area contributed by atoms with Crippen molar-refractivity contribution in [3.8, 4) is 0 Å². The summed E-state index contributed by atoms with van der Waals surface area (Å²) in [5.74, 6) is 0.950. The lowest BCUT2D eigenvalue weighted by atomic mass is 9.84. The van der Waals surface area contributed by atoms with Gasteiger partial charge in [0, 0.05) is 0 Å². The molecular formula is C18H26. The van der Waals surface area contributed by atoms with Gasteiger partial charge in [0.25, 0.3) is 0 Å². The first kappa shape index (κ1) is 13.4. The fourth-order valence-corrected chi connectivity index (χ4v) is 2.86. The number of hydrogen-bond donors (Lipinski definition) is 0. The Balaban J connectivity index is 1.88. The van der Waals surface area contributed by atoms with Crippen LogP contribution in [0.4, 0.5) is 0 Å². The van der Waals surface area contributed by atoms with Gasteiger partial charge in [-0.3, -0.25) is 0 Å². The van der Waals surface area contributed by atoms with E-state index in [9.17, 15) is 0 Å². The minimum Gasteiger partial charge on any atom is -0.0804 e. The molecule has 0 nitrogen and oxygen atoms in total. The van der Waals surface area contributed by atoms with Gasteiger partial charge in [-0.1, -0.05) is 68.5 Å². The summed E-state index contributed by atoms with van der Waals surface area (Å²) in [4.78, 5) is 0. The molecule has 0 aromatic heterocycles. The van der Waals surface area contributed by atoms with E-state index in [1.54, 1.807) is 5.57 Å². The molecule has 0 N–H and O–H groups in total. The molecule has 18 heavy (non-hydrogen) atoms. The standard InChI is InChI=1S/C18H26/c1-3-4-5-6-16-9-13-18(14-10-16)17-11-7-15(2)8-12-17/h7-8,11-13,16H,3-6,9-10,14H2,1-2H3. The second-order valence-electron chi connectivity index (χ2n) is 5.73. The van der Waals surface area contributed by atoms with Crippen LogP contribution >= 0.6 is 0 Å². The zero-order valence-electron chi connectivity index (χ0n) is 11.9. The largest absolute Gasteiger partial charge is 0.0804 e. The van der Waals surface area contributed by atoms with Crippen molar-refractivity contribution in [2.45, 2.75) is 58.8 Å². The highest BCUT2D eigenvalue weighted by atomic mass is 14.2. The molecule has 2 rings (SSSR count). The average Bonchev–Trinajstić information content (AvgIpc) is 2.41. The lowest BCUT2D eigenvalue weighted by Gasteiger charge is -2.22. The monoisotopic (exact) mass is 242 g/mol. The van der Waals surface area contributed by atoms with Crippen LogP contribution in [-0.2, 0) is 0 Å². The van der Waals surface area contributed by atoms with E-state index in [-0.39, 0.29) is 0 Å². The van der Waals surface area contributed by atoms with Crippen LogP contribution in [0.5, 0.6) is 0 Å². The van der Waals surface area contributed by atoms with Crippen molar-refractivity contribution in [3.05, 3.63) is 41.5 Å². The number of unbranched alkanes of at least 4 members (excludes halogenated alkanes) is 2. The first-order valence-corrected chi connectivity index (χ1v) is 7.55. The Morgan fingerprint density at radius 1 is 1.11 bits per heavy atom. The van der Waals surface area contributed by atoms with E-state index in [1.807, 2.05) is 0 Å². The van der Waals surface area contributed by atoms with E-state index in [0.29, 0.717) is 0 Å². The Bertz CT molecular complexity index is 383. The third-order valence-corrected chi connectivity index (χ3v) is 4.16. The number of benzene rings is 1. The number of rotatable bonds is 5. The molecule has 98 valence electrons. The maximum absolute atomic E-state index is 2.49. The van der Waals surface area contributed by atoms with Gasteiger partial charge >= 0.3 is 0 Å². The normalized spacial score (nSPS) is 19.7. The summed E-state index contributed by atoms with van der Waals surface area (Å²) >= 11 is 0. The third-order valence-electron chi connectivity index (χ3n) is 4.16. The Kier molecular flexibility index (Phi) is 5.04. The zero-order chi connectivity index (χ0) is 12.8. The average molecular weight is 242 g/mol. The highest BCUT2D eigenvalue weighted by Gasteiger charge is 2.14. The van der Waals surface area contributed by atoms with E-state index in [2.05, 4.69) is 44.2 Å². The summed E-state index contributed by atoms with van der Waals surface area (Å²) in [6.45, 7) is 4.44. The molecule has 0 spiro atoms. The Morgan fingerprint density at radius 3 is 2.50 bits per heavy atom. The predicted octanol–water partition coefficient (Wildman–Crippen LogP) is 5.76. The van der Waals surface area contributed by atoms with Crippen molar-refractivity contribution in [1.82, 2.24) is 0 Å². The molecule has 1 aliphatic rings. The van der Waals surface area contributed by atoms with Gasteiger partial charge in [0.05, 0.1) is 0 Å². The van der Waals surface area contributed by atoms with Crippen molar-refractivity contribution in [2.75, 3.05) is 0 Å². The van der Waals surface area contributed by atoms with Gasteiger partial charge in [-0.25, -0.2) is 0 Å². The van der Waals surface area contributed by atoms with Crippen LogP contribution < -0.4 is 0 Å². The molecule has 1 aliphatic carbocycles. The molecule has 1 aromatic rings. The minimum absolute atomic E-state index is 0.950. The molecule has 0 radical (unpaired) electrons. The van der Waals surface area contributed by atoms with Crippen LogP contribution in [0.15, 0.2) is 30.3 Å². The predicted molar refractivity (Wildman–Crippen MR) is 80.6 cm³/mol. The Morgan fingerprint density at radius 2 is 1.89 bits per heavy atom. The molecule has 0 saturated carbocycles. The van der Waals surface area contributed by atoms with Crippen LogP contribution in [-0.4, -0.2) is 0 Å². The topological polar surface area (TPSA) is 0 Å². The summed E-state index contributed by atoms with van der Waals surface area (Å²) in [6, 6.07) is 9.00. The lowest BCUT2D eigenvalue weighted by Crippen LogP contribution is -2.05. The summed E-state index contributed by atoms with van der Waals surface area (Å²) < 4.78 is 0. The number of aryl methyl sites for hydroxylation is 1. The van der Waals surface area contributed by atoms with Crippen molar-refractivity contribution < 1.29 is 0 Å². The number of allylic oxidation sites excluding steroid dienone is 2. The van der Waals surface area contributed by atoms with Crippen molar-refractivity contribution in [2.24, 2.45) is 5.92 Å². The van der Waals surface area contributed by atoms with Crippen molar-refractivity contribution in [3.63, 3.8) is 0 Å². The maximum atomic E-state index is 2.49. The second-order valence-corrected chi connectivity index (χ2v) is 5.73. The Labute approximate surface area is 112 Å². The quantitative estimate of drug-likeness (QED) is 0.576. The molecule has 0 amide bonds. The molecule has 0 bridgehead atoms. The molecule has 0 saturated heterocycles. The lowest BCUT2D eigenvalue weighted by molar-refractivity contribution is 0.428. The maximum Gasteiger partial charge on any atom is -0.0228 e. The fourth-order valence-electron chi connectivity index (χ4n) is 2.86. The highest BCUT2D eigenvalue weighted by molar-refractivity contribution is 5.66. The van der Waals surface area contributed by atoms with Crippen LogP contribution in [0.25, 0.3) is 5.57 Å². The first-order valence-electron chi connectivity index (χ1n) is 7.55. The van der Waals surface area contributed by atoms with Crippen molar-refractivity contribution in [1.29, 1.82) is 0 Å². The SMILES string of the molecule is CCCCCC1CC=C(c2ccc(C)cc2)CC1. The van der Waals surface area contributed by atoms with Gasteiger partial charge in [0.2, 0.25) is 0 Å². The van der Waals surface area contributed by atoms with Crippen LogP contribution in [0.2, 0.25) is 0 Å². The molecule has 0 aliphatic heterocycles. The zero-order valence-corrected chi connectivity index (χ0v) is 11.9. The van der Waals surface area contributed by atoms with Gasteiger partial charge in [0.15, 0.2) is 0 Å². The fraction of sp³-hybridized carbons (Fsp3) is 0.556. The molecule has 1 aromatic carbocycles. The summed E-state index contributed by atoms with van der Waals surface area (Å²) in [6.07, 6.45) is 12.1. The number of hydrogen-bond acceptors (Lipinski definition) is 0. The molecular weight excluding hydrogens is 216 g/mol. The summed E-state index contributed by atoms with van der Waals surface area (Å²) in [5, 5.41) is 0. The smallest absolute Gasteiger partial charge is 0.0228 e. The van der Waals surface area contributed by atoms with E-state index < -0.39 is 0 Å².